The van der Waals surface area contributed by atoms with Crippen molar-refractivity contribution in [3.63, 3.8) is 0 Å². The number of halogens is 4. The Morgan fingerprint density at radius 2 is 1.97 bits per heavy atom. The molecule has 0 bridgehead atoms. The summed E-state index contributed by atoms with van der Waals surface area (Å²) in [7, 11) is 0. The normalized spacial score (nSPS) is 15.9. The minimum atomic E-state index is -4.46. The van der Waals surface area contributed by atoms with E-state index in [0.717, 1.165) is 32.4 Å². The van der Waals surface area contributed by atoms with Gasteiger partial charge in [0, 0.05) is 42.1 Å². The maximum absolute atomic E-state index is 14.6. The van der Waals surface area contributed by atoms with Crippen LogP contribution in [0.3, 0.4) is 0 Å². The minimum Gasteiger partial charge on any atom is -0.609 e. The molecule has 6 nitrogen and oxygen atoms in total. The quantitative estimate of drug-likeness (QED) is 0.419. The summed E-state index contributed by atoms with van der Waals surface area (Å²) in [5, 5.41) is 0.151. The van der Waals surface area contributed by atoms with Gasteiger partial charge in [-0.05, 0) is 38.3 Å². The van der Waals surface area contributed by atoms with Crippen molar-refractivity contribution >= 4 is 27.9 Å². The number of rotatable bonds is 6. The van der Waals surface area contributed by atoms with Crippen LogP contribution < -0.4 is 9.64 Å². The molecule has 4 rings (SSSR count). The smallest absolute Gasteiger partial charge is 0.422 e. The Morgan fingerprint density at radius 3 is 2.69 bits per heavy atom. The van der Waals surface area contributed by atoms with Crippen LogP contribution in [-0.4, -0.2) is 45.4 Å². The van der Waals surface area contributed by atoms with Gasteiger partial charge in [-0.15, -0.1) is 0 Å². The summed E-state index contributed by atoms with van der Waals surface area (Å²) in [6.07, 6.45) is -0.0158. The first kappa shape index (κ1) is 22.7. The van der Waals surface area contributed by atoms with Gasteiger partial charge in [-0.3, -0.25) is 9.97 Å². The van der Waals surface area contributed by atoms with Crippen molar-refractivity contribution in [2.45, 2.75) is 43.3 Å². The molecular weight excluding hydrogens is 448 g/mol. The number of aromatic amines is 1. The number of hydrogen-bond donors (Lipinski definition) is 1. The maximum Gasteiger partial charge on any atom is 0.422 e. The molecule has 3 heterocycles. The Morgan fingerprint density at radius 1 is 1.22 bits per heavy atom. The van der Waals surface area contributed by atoms with Gasteiger partial charge in [0.2, 0.25) is 0 Å². The van der Waals surface area contributed by atoms with Crippen LogP contribution in [0.4, 0.5) is 23.2 Å². The summed E-state index contributed by atoms with van der Waals surface area (Å²) in [6.45, 7) is 1.70. The second-order valence-electron chi connectivity index (χ2n) is 7.68. The van der Waals surface area contributed by atoms with Gasteiger partial charge < -0.3 is 14.2 Å². The lowest BCUT2D eigenvalue weighted by molar-refractivity contribution is -0.153. The number of benzene rings is 1. The van der Waals surface area contributed by atoms with E-state index in [1.807, 2.05) is 4.90 Å². The van der Waals surface area contributed by atoms with E-state index in [2.05, 4.69) is 15.0 Å². The van der Waals surface area contributed by atoms with Crippen molar-refractivity contribution < 1.29 is 26.9 Å². The van der Waals surface area contributed by atoms with Crippen molar-refractivity contribution in [3.05, 3.63) is 41.5 Å². The van der Waals surface area contributed by atoms with Crippen molar-refractivity contribution in [2.24, 2.45) is 0 Å². The summed E-state index contributed by atoms with van der Waals surface area (Å²) >= 11 is -1.67. The summed E-state index contributed by atoms with van der Waals surface area (Å²) in [6, 6.07) is 4.34. The predicted octanol–water partition coefficient (Wildman–Crippen LogP) is 4.64. The molecule has 1 fully saturated rings. The van der Waals surface area contributed by atoms with E-state index in [-0.39, 0.29) is 22.5 Å². The average molecular weight is 470 g/mol. The number of nitrogens with one attached hydrogen (secondary N) is 1. The van der Waals surface area contributed by atoms with Gasteiger partial charge in [0.15, 0.2) is 12.4 Å². The van der Waals surface area contributed by atoms with E-state index in [1.165, 1.54) is 18.3 Å². The first-order chi connectivity index (χ1) is 15.2. The fourth-order valence-electron chi connectivity index (χ4n) is 3.69. The van der Waals surface area contributed by atoms with Gasteiger partial charge in [0.05, 0.1) is 22.4 Å². The van der Waals surface area contributed by atoms with Crippen LogP contribution >= 0.6 is 0 Å². The molecule has 0 amide bonds. The third kappa shape index (κ3) is 5.09. The van der Waals surface area contributed by atoms with Gasteiger partial charge in [-0.1, -0.05) is 0 Å². The van der Waals surface area contributed by atoms with Crippen LogP contribution in [0.1, 0.15) is 30.5 Å². The second kappa shape index (κ2) is 9.14. The molecule has 1 unspecified atom stereocenters. The first-order valence-corrected chi connectivity index (χ1v) is 11.5. The van der Waals surface area contributed by atoms with Gasteiger partial charge in [-0.25, -0.2) is 4.39 Å². The zero-order valence-electron chi connectivity index (χ0n) is 17.3. The highest BCUT2D eigenvalue weighted by Crippen LogP contribution is 2.29. The summed E-state index contributed by atoms with van der Waals surface area (Å²) in [5.41, 5.74) is 2.12. The molecule has 172 valence electrons. The van der Waals surface area contributed by atoms with Crippen molar-refractivity contribution in [1.82, 2.24) is 15.0 Å². The van der Waals surface area contributed by atoms with E-state index in [0.29, 0.717) is 28.0 Å². The molecule has 32 heavy (non-hydrogen) atoms. The molecule has 3 aromatic rings. The number of aromatic nitrogens is 3. The number of alkyl halides is 3. The highest BCUT2D eigenvalue weighted by Gasteiger charge is 2.29. The Balaban J connectivity index is 1.53. The number of anilines is 1. The molecule has 1 N–H and O–H groups in total. The zero-order chi connectivity index (χ0) is 22.9. The molecule has 0 radical (unpaired) electrons. The lowest BCUT2D eigenvalue weighted by atomic mass is 10.1. The van der Waals surface area contributed by atoms with Crippen molar-refractivity contribution in [1.29, 1.82) is 0 Å². The molecule has 1 atom stereocenters. The lowest BCUT2D eigenvalue weighted by Gasteiger charge is -2.29. The Labute approximate surface area is 185 Å². The van der Waals surface area contributed by atoms with Gasteiger partial charge in [0.25, 0.3) is 0 Å². The number of hydrogen-bond acceptors (Lipinski definition) is 5. The maximum atomic E-state index is 14.6. The summed E-state index contributed by atoms with van der Waals surface area (Å²) in [5.74, 6) is -0.411. The molecule has 1 aromatic carbocycles. The highest BCUT2D eigenvalue weighted by atomic mass is 32.2. The average Bonchev–Trinajstić information content (AvgIpc) is 3.16. The van der Waals surface area contributed by atoms with Gasteiger partial charge in [0.1, 0.15) is 11.6 Å². The van der Waals surface area contributed by atoms with Gasteiger partial charge >= 0.3 is 11.3 Å². The number of nitrogens with zero attached hydrogens (tertiary/aromatic N) is 3. The number of fused-ring (bicyclic) bond motifs is 1. The Bertz CT molecular complexity index is 1100. The first-order valence-electron chi connectivity index (χ1n) is 10.2. The number of H-pyrrole nitrogens is 1. The van der Waals surface area contributed by atoms with Crippen LogP contribution in [-0.2, 0) is 16.9 Å². The van der Waals surface area contributed by atoms with Crippen LogP contribution in [0.15, 0.2) is 29.6 Å². The van der Waals surface area contributed by atoms with E-state index < -0.39 is 24.0 Å². The third-order valence-corrected chi connectivity index (χ3v) is 6.52. The molecule has 0 saturated carbocycles. The van der Waals surface area contributed by atoms with Crippen molar-refractivity contribution in [2.75, 3.05) is 24.6 Å². The Kier molecular flexibility index (Phi) is 6.47. The topological polar surface area (TPSA) is 77.1 Å². The standard InChI is InChI=1S/C21H22F4N4O2S/c1-13-17(26-6-5-19(13)31-12-21(23,24)25)11-32(30)20-27-15-9-14(22)18(10-16(15)28-20)29-7-3-2-4-8-29/h5-6,9-10H,2-4,7-8,11-12H2,1H3,(H,27,28). The fraction of sp³-hybridized carbons (Fsp3) is 0.429. The second-order valence-corrected chi connectivity index (χ2v) is 9.05. The molecular formula is C21H22F4N4O2S. The predicted molar refractivity (Wildman–Crippen MR) is 113 cm³/mol. The number of piperidine rings is 1. The van der Waals surface area contributed by atoms with Crippen molar-refractivity contribution in [3.8, 4) is 5.75 Å². The highest BCUT2D eigenvalue weighted by molar-refractivity contribution is 7.90. The molecule has 1 saturated heterocycles. The van der Waals surface area contributed by atoms with Crippen LogP contribution in [0, 0.1) is 12.7 Å². The van der Waals surface area contributed by atoms with E-state index >= 15 is 0 Å². The van der Waals surface area contributed by atoms with Crippen LogP contribution in [0.25, 0.3) is 11.0 Å². The zero-order valence-corrected chi connectivity index (χ0v) is 18.2. The van der Waals surface area contributed by atoms with Crippen LogP contribution in [0.5, 0.6) is 5.75 Å². The summed E-state index contributed by atoms with van der Waals surface area (Å²) < 4.78 is 69.7. The molecule has 0 spiro atoms. The molecule has 11 heteroatoms. The minimum absolute atomic E-state index is 0.0298. The summed E-state index contributed by atoms with van der Waals surface area (Å²) in [4.78, 5) is 13.4. The monoisotopic (exact) mass is 470 g/mol. The lowest BCUT2D eigenvalue weighted by Crippen LogP contribution is -2.30. The van der Waals surface area contributed by atoms with E-state index in [1.54, 1.807) is 13.0 Å². The SMILES string of the molecule is Cc1c(OCC(F)(F)F)ccnc1C[S+]([O-])c1nc2cc(N3CCCCC3)c(F)cc2[nH]1. The Hall–Kier alpha value is -2.53. The number of pyridine rings is 1. The molecule has 2 aromatic heterocycles. The molecule has 0 aliphatic carbocycles. The van der Waals surface area contributed by atoms with Crippen LogP contribution in [0.2, 0.25) is 0 Å². The van der Waals surface area contributed by atoms with E-state index in [9.17, 15) is 22.1 Å². The largest absolute Gasteiger partial charge is 0.609 e. The van der Waals surface area contributed by atoms with E-state index in [4.69, 9.17) is 4.74 Å². The fourth-order valence-corrected chi connectivity index (χ4v) is 4.79. The van der Waals surface area contributed by atoms with Gasteiger partial charge in [-0.2, -0.15) is 18.2 Å². The molecule has 1 aliphatic heterocycles. The third-order valence-electron chi connectivity index (χ3n) is 5.36. The number of ether oxygens (including phenoxy) is 1. The molecule has 1 aliphatic rings. The number of imidazole rings is 1.